The standard InChI is InChI=1S/C8H10N2.C7H10N2O/c1-7-4-5-9-8-3-2-6-10(7)8;10-7-3-4-8-6-2-1-5-9(6)7/h4-5H,1-3,6H2;3-4,6,8H,1-2,5H2. The Morgan fingerprint density at radius 3 is 3.00 bits per heavy atom. The summed E-state index contributed by atoms with van der Waals surface area (Å²) in [6.07, 6.45) is 12.0. The third kappa shape index (κ3) is 2.48. The molecular formula is C15H20N4O. The molecule has 2 saturated heterocycles. The van der Waals surface area contributed by atoms with Gasteiger partial charge in [-0.1, -0.05) is 6.58 Å². The van der Waals surface area contributed by atoms with Gasteiger partial charge in [-0.05, 0) is 25.3 Å². The zero-order valence-electron chi connectivity index (χ0n) is 11.6. The van der Waals surface area contributed by atoms with E-state index in [-0.39, 0.29) is 12.1 Å². The summed E-state index contributed by atoms with van der Waals surface area (Å²) >= 11 is 0. The number of fused-ring (bicyclic) bond motifs is 2. The largest absolute Gasteiger partial charge is 0.371 e. The van der Waals surface area contributed by atoms with Gasteiger partial charge >= 0.3 is 0 Å². The Bertz CT molecular complexity index is 504. The molecule has 5 nitrogen and oxygen atoms in total. The molecule has 1 amide bonds. The van der Waals surface area contributed by atoms with Gasteiger partial charge in [-0.15, -0.1) is 0 Å². The molecular weight excluding hydrogens is 252 g/mol. The van der Waals surface area contributed by atoms with Gasteiger partial charge in [0.25, 0.3) is 0 Å². The predicted octanol–water partition coefficient (Wildman–Crippen LogP) is 1.57. The van der Waals surface area contributed by atoms with Gasteiger partial charge in [-0.2, -0.15) is 0 Å². The lowest BCUT2D eigenvalue weighted by molar-refractivity contribution is -0.127. The number of rotatable bonds is 0. The molecule has 0 aromatic rings. The minimum absolute atomic E-state index is 0.154. The highest BCUT2D eigenvalue weighted by atomic mass is 16.2. The summed E-state index contributed by atoms with van der Waals surface area (Å²) in [6, 6.07) is 0. The molecule has 1 unspecified atom stereocenters. The summed E-state index contributed by atoms with van der Waals surface area (Å²) in [6.45, 7) is 5.93. The van der Waals surface area contributed by atoms with Crippen molar-refractivity contribution in [1.29, 1.82) is 0 Å². The van der Waals surface area contributed by atoms with E-state index >= 15 is 0 Å². The van der Waals surface area contributed by atoms with Gasteiger partial charge in [0.1, 0.15) is 12.0 Å². The molecule has 2 fully saturated rings. The van der Waals surface area contributed by atoms with Crippen LogP contribution in [0.4, 0.5) is 0 Å². The van der Waals surface area contributed by atoms with Crippen LogP contribution in [0.25, 0.3) is 0 Å². The number of hydrogen-bond donors (Lipinski definition) is 1. The van der Waals surface area contributed by atoms with Crippen LogP contribution in [-0.2, 0) is 4.79 Å². The second-order valence-electron chi connectivity index (χ2n) is 5.30. The van der Waals surface area contributed by atoms with E-state index in [2.05, 4.69) is 21.8 Å². The number of allylic oxidation sites excluding steroid dienone is 1. The number of hydrogen-bond acceptors (Lipinski definition) is 4. The van der Waals surface area contributed by atoms with Crippen molar-refractivity contribution in [3.05, 3.63) is 36.8 Å². The Kier molecular flexibility index (Phi) is 3.58. The Morgan fingerprint density at radius 1 is 1.30 bits per heavy atom. The number of nitrogens with one attached hydrogen (secondary N) is 1. The quantitative estimate of drug-likeness (QED) is 0.728. The highest BCUT2D eigenvalue weighted by molar-refractivity contribution is 5.88. The second kappa shape index (κ2) is 5.53. The van der Waals surface area contributed by atoms with Crippen LogP contribution in [0.3, 0.4) is 0 Å². The topological polar surface area (TPSA) is 47.9 Å². The number of nitrogens with zero attached hydrogens (tertiary/aromatic N) is 3. The Labute approximate surface area is 119 Å². The highest BCUT2D eigenvalue weighted by Gasteiger charge is 2.28. The molecule has 5 heteroatoms. The van der Waals surface area contributed by atoms with E-state index in [4.69, 9.17) is 0 Å². The van der Waals surface area contributed by atoms with E-state index in [1.165, 1.54) is 12.3 Å². The van der Waals surface area contributed by atoms with Crippen molar-refractivity contribution in [3.8, 4) is 0 Å². The average molecular weight is 272 g/mol. The average Bonchev–Trinajstić information content (AvgIpc) is 3.08. The smallest absolute Gasteiger partial charge is 0.249 e. The van der Waals surface area contributed by atoms with Crippen molar-refractivity contribution in [1.82, 2.24) is 15.1 Å². The van der Waals surface area contributed by atoms with Gasteiger partial charge in [0.05, 0.1) is 0 Å². The second-order valence-corrected chi connectivity index (χ2v) is 5.30. The Morgan fingerprint density at radius 2 is 2.20 bits per heavy atom. The van der Waals surface area contributed by atoms with E-state index in [0.717, 1.165) is 38.0 Å². The van der Waals surface area contributed by atoms with Gasteiger partial charge in [-0.25, -0.2) is 4.99 Å². The van der Waals surface area contributed by atoms with Gasteiger partial charge < -0.3 is 15.1 Å². The lowest BCUT2D eigenvalue weighted by Gasteiger charge is -2.26. The van der Waals surface area contributed by atoms with Crippen molar-refractivity contribution < 1.29 is 4.79 Å². The molecule has 4 rings (SSSR count). The van der Waals surface area contributed by atoms with E-state index in [9.17, 15) is 4.79 Å². The Balaban J connectivity index is 0.000000121. The molecule has 4 heterocycles. The fourth-order valence-corrected chi connectivity index (χ4v) is 2.93. The van der Waals surface area contributed by atoms with E-state index in [0.29, 0.717) is 0 Å². The van der Waals surface area contributed by atoms with Crippen molar-refractivity contribution in [2.75, 3.05) is 13.1 Å². The summed E-state index contributed by atoms with van der Waals surface area (Å²) in [5.74, 6) is 1.34. The molecule has 4 aliphatic heterocycles. The number of carbonyl (C=O) groups excluding carboxylic acids is 1. The summed E-state index contributed by atoms with van der Waals surface area (Å²) < 4.78 is 0. The summed E-state index contributed by atoms with van der Waals surface area (Å²) in [5, 5.41) is 3.14. The van der Waals surface area contributed by atoms with E-state index in [1.807, 2.05) is 17.2 Å². The fourth-order valence-electron chi connectivity index (χ4n) is 2.93. The Hall–Kier alpha value is -2.04. The third-order valence-electron chi connectivity index (χ3n) is 3.98. The summed E-state index contributed by atoms with van der Waals surface area (Å²) in [5.41, 5.74) is 1.09. The monoisotopic (exact) mass is 272 g/mol. The molecule has 20 heavy (non-hydrogen) atoms. The summed E-state index contributed by atoms with van der Waals surface area (Å²) in [7, 11) is 0. The van der Waals surface area contributed by atoms with Crippen LogP contribution < -0.4 is 5.32 Å². The molecule has 0 bridgehead atoms. The molecule has 106 valence electrons. The van der Waals surface area contributed by atoms with Gasteiger partial charge in [0.15, 0.2) is 0 Å². The first-order chi connectivity index (χ1) is 9.75. The maximum atomic E-state index is 11.1. The van der Waals surface area contributed by atoms with E-state index in [1.54, 1.807) is 12.3 Å². The molecule has 0 radical (unpaired) electrons. The minimum Gasteiger partial charge on any atom is -0.371 e. The zero-order valence-corrected chi connectivity index (χ0v) is 11.6. The predicted molar refractivity (Wildman–Crippen MR) is 78.7 cm³/mol. The molecule has 4 aliphatic rings. The molecule has 0 aliphatic carbocycles. The van der Waals surface area contributed by atoms with E-state index < -0.39 is 0 Å². The lowest BCUT2D eigenvalue weighted by atomic mass is 10.3. The van der Waals surface area contributed by atoms with Gasteiger partial charge in [0, 0.05) is 43.7 Å². The highest BCUT2D eigenvalue weighted by Crippen LogP contribution is 2.20. The number of amides is 1. The van der Waals surface area contributed by atoms with Crippen LogP contribution in [0.1, 0.15) is 25.7 Å². The van der Waals surface area contributed by atoms with Crippen LogP contribution in [0.5, 0.6) is 0 Å². The van der Waals surface area contributed by atoms with Crippen molar-refractivity contribution in [3.63, 3.8) is 0 Å². The first kappa shape index (κ1) is 13.0. The SMILES string of the molecule is C=C1C=CN=C2CCCN12.O=C1C=CNC2CCCN12. The molecule has 1 N–H and O–H groups in total. The zero-order chi connectivity index (χ0) is 13.9. The third-order valence-corrected chi connectivity index (χ3v) is 3.98. The number of carbonyl (C=O) groups is 1. The number of aliphatic imine (C=N–C) groups is 1. The van der Waals surface area contributed by atoms with Crippen LogP contribution in [0.2, 0.25) is 0 Å². The number of amidine groups is 1. The van der Waals surface area contributed by atoms with Gasteiger partial charge in [-0.3, -0.25) is 4.79 Å². The van der Waals surface area contributed by atoms with Crippen LogP contribution in [0.15, 0.2) is 41.8 Å². The molecule has 0 saturated carbocycles. The maximum Gasteiger partial charge on any atom is 0.249 e. The normalized spacial score (nSPS) is 26.6. The van der Waals surface area contributed by atoms with Crippen molar-refractivity contribution in [2.45, 2.75) is 31.8 Å². The molecule has 0 spiro atoms. The van der Waals surface area contributed by atoms with Crippen LogP contribution in [-0.4, -0.2) is 40.8 Å². The first-order valence-corrected chi connectivity index (χ1v) is 7.18. The molecule has 0 aromatic carbocycles. The van der Waals surface area contributed by atoms with Crippen molar-refractivity contribution in [2.24, 2.45) is 4.99 Å². The van der Waals surface area contributed by atoms with Gasteiger partial charge in [0.2, 0.25) is 5.91 Å². The lowest BCUT2D eigenvalue weighted by Crippen LogP contribution is -2.44. The molecule has 0 aromatic heterocycles. The minimum atomic E-state index is 0.154. The molecule has 1 atom stereocenters. The summed E-state index contributed by atoms with van der Waals surface area (Å²) in [4.78, 5) is 19.4. The van der Waals surface area contributed by atoms with Crippen molar-refractivity contribution >= 4 is 11.7 Å². The van der Waals surface area contributed by atoms with Crippen LogP contribution >= 0.6 is 0 Å². The fraction of sp³-hybridized carbons (Fsp3) is 0.467. The first-order valence-electron chi connectivity index (χ1n) is 7.18. The maximum absolute atomic E-state index is 11.1. The van der Waals surface area contributed by atoms with Crippen LogP contribution in [0, 0.1) is 0 Å².